The van der Waals surface area contributed by atoms with Gasteiger partial charge in [0.2, 0.25) is 11.8 Å². The zero-order valence-electron chi connectivity index (χ0n) is 14.2. The van der Waals surface area contributed by atoms with Crippen molar-refractivity contribution in [2.24, 2.45) is 0 Å². The molecule has 1 aromatic rings. The Morgan fingerprint density at radius 3 is 2.42 bits per heavy atom. The maximum atomic E-state index is 12.2. The van der Waals surface area contributed by atoms with Crippen LogP contribution in [0.5, 0.6) is 0 Å². The van der Waals surface area contributed by atoms with Crippen molar-refractivity contribution in [2.75, 3.05) is 37.7 Å². The molecular weight excluding hydrogens is 362 g/mol. The third-order valence-corrected chi connectivity index (χ3v) is 6.33. The summed E-state index contributed by atoms with van der Waals surface area (Å²) in [5, 5.41) is 2.61. The summed E-state index contributed by atoms with van der Waals surface area (Å²) in [7, 11) is -3.08. The average molecular weight is 383 g/mol. The van der Waals surface area contributed by atoms with Crippen molar-refractivity contribution >= 4 is 27.6 Å². The van der Waals surface area contributed by atoms with Crippen molar-refractivity contribution in [1.29, 1.82) is 0 Å². The van der Waals surface area contributed by atoms with E-state index in [0.29, 0.717) is 32.6 Å². The molecule has 2 saturated heterocycles. The Kier molecular flexibility index (Phi) is 5.30. The van der Waals surface area contributed by atoms with Crippen LogP contribution in [0.1, 0.15) is 23.4 Å². The van der Waals surface area contributed by atoms with E-state index in [0.717, 1.165) is 0 Å². The van der Waals surface area contributed by atoms with Gasteiger partial charge in [-0.15, -0.1) is 0 Å². The summed E-state index contributed by atoms with van der Waals surface area (Å²) in [5.41, 5.74) is 0. The molecule has 1 unspecified atom stereocenters. The Labute approximate surface area is 151 Å². The lowest BCUT2D eigenvalue weighted by Gasteiger charge is -2.34. The van der Waals surface area contributed by atoms with Gasteiger partial charge in [0.1, 0.15) is 6.42 Å². The van der Waals surface area contributed by atoms with E-state index in [-0.39, 0.29) is 35.5 Å². The third kappa shape index (κ3) is 4.43. The van der Waals surface area contributed by atoms with E-state index in [1.54, 1.807) is 17.0 Å². The molecule has 3 rings (SSSR count). The predicted octanol–water partition coefficient (Wildman–Crippen LogP) is -0.743. The van der Waals surface area contributed by atoms with Gasteiger partial charge in [0.25, 0.3) is 5.91 Å². The molecule has 1 atom stereocenters. The van der Waals surface area contributed by atoms with Gasteiger partial charge in [-0.05, 0) is 18.6 Å². The summed E-state index contributed by atoms with van der Waals surface area (Å²) < 4.78 is 27.9. The number of nitrogens with one attached hydrogen (secondary N) is 1. The van der Waals surface area contributed by atoms with E-state index in [9.17, 15) is 22.8 Å². The van der Waals surface area contributed by atoms with Gasteiger partial charge in [0.05, 0.1) is 17.8 Å². The van der Waals surface area contributed by atoms with E-state index in [1.165, 1.54) is 11.2 Å². The second-order valence-electron chi connectivity index (χ2n) is 6.49. The molecule has 0 saturated carbocycles. The molecule has 0 spiro atoms. The van der Waals surface area contributed by atoms with Crippen molar-refractivity contribution in [2.45, 2.75) is 18.9 Å². The normalized spacial score (nSPS) is 22.2. The Morgan fingerprint density at radius 1 is 1.15 bits per heavy atom. The van der Waals surface area contributed by atoms with Crippen LogP contribution in [0, 0.1) is 0 Å². The van der Waals surface area contributed by atoms with Crippen LogP contribution in [-0.2, 0) is 19.4 Å². The molecule has 2 aliphatic rings. The summed E-state index contributed by atoms with van der Waals surface area (Å²) in [6.45, 7) is 1.42. The summed E-state index contributed by atoms with van der Waals surface area (Å²) in [6, 6.07) is 2.82. The smallest absolute Gasteiger partial charge is 0.289 e. The Morgan fingerprint density at radius 2 is 1.85 bits per heavy atom. The van der Waals surface area contributed by atoms with Crippen LogP contribution >= 0.6 is 0 Å². The maximum Gasteiger partial charge on any atom is 0.289 e. The molecule has 2 fully saturated rings. The van der Waals surface area contributed by atoms with Gasteiger partial charge < -0.3 is 19.5 Å². The van der Waals surface area contributed by atoms with Gasteiger partial charge >= 0.3 is 0 Å². The zero-order chi connectivity index (χ0) is 18.7. The SMILES string of the molecule is O=C(CC(=O)N1CCN(C(=O)c2ccco2)CC1)NC1CCS(=O)(=O)C1. The fourth-order valence-corrected chi connectivity index (χ4v) is 4.83. The first-order valence-electron chi connectivity index (χ1n) is 8.44. The Balaban J connectivity index is 1.43. The monoisotopic (exact) mass is 383 g/mol. The second kappa shape index (κ2) is 7.48. The summed E-state index contributed by atoms with van der Waals surface area (Å²) in [6.07, 6.45) is 1.50. The highest BCUT2D eigenvalue weighted by Gasteiger charge is 2.30. The quantitative estimate of drug-likeness (QED) is 0.684. The fraction of sp³-hybridized carbons (Fsp3) is 0.562. The van der Waals surface area contributed by atoms with E-state index in [4.69, 9.17) is 4.42 Å². The first kappa shape index (κ1) is 18.4. The molecule has 142 valence electrons. The average Bonchev–Trinajstić information content (AvgIpc) is 3.24. The first-order chi connectivity index (χ1) is 12.3. The molecule has 10 heteroatoms. The van der Waals surface area contributed by atoms with Crippen LogP contribution in [0.25, 0.3) is 0 Å². The van der Waals surface area contributed by atoms with Crippen molar-refractivity contribution in [3.63, 3.8) is 0 Å². The molecule has 0 aliphatic carbocycles. The number of piperazine rings is 1. The lowest BCUT2D eigenvalue weighted by atomic mass is 10.2. The van der Waals surface area contributed by atoms with Gasteiger partial charge in [-0.2, -0.15) is 0 Å². The van der Waals surface area contributed by atoms with Crippen molar-refractivity contribution < 1.29 is 27.2 Å². The number of hydrogen-bond donors (Lipinski definition) is 1. The van der Waals surface area contributed by atoms with Crippen LogP contribution in [0.4, 0.5) is 0 Å². The van der Waals surface area contributed by atoms with Gasteiger partial charge in [-0.1, -0.05) is 0 Å². The van der Waals surface area contributed by atoms with E-state index >= 15 is 0 Å². The third-order valence-electron chi connectivity index (χ3n) is 4.56. The highest BCUT2D eigenvalue weighted by Crippen LogP contribution is 2.12. The molecular formula is C16H21N3O6S. The standard InChI is InChI=1S/C16H21N3O6S/c20-14(17-12-3-9-26(23,24)11-12)10-15(21)18-4-6-19(7-5-18)16(22)13-2-1-8-25-13/h1-2,8,12H,3-7,9-11H2,(H,17,20). The fourth-order valence-electron chi connectivity index (χ4n) is 3.15. The number of sulfone groups is 1. The molecule has 9 nitrogen and oxygen atoms in total. The van der Waals surface area contributed by atoms with Crippen LogP contribution in [-0.4, -0.2) is 79.7 Å². The highest BCUT2D eigenvalue weighted by atomic mass is 32.2. The first-order valence-corrected chi connectivity index (χ1v) is 10.3. The van der Waals surface area contributed by atoms with Crippen LogP contribution in [0.2, 0.25) is 0 Å². The second-order valence-corrected chi connectivity index (χ2v) is 8.72. The molecule has 3 heterocycles. The maximum absolute atomic E-state index is 12.2. The molecule has 26 heavy (non-hydrogen) atoms. The van der Waals surface area contributed by atoms with Gasteiger partial charge in [-0.3, -0.25) is 14.4 Å². The predicted molar refractivity (Wildman–Crippen MR) is 91.0 cm³/mol. The topological polar surface area (TPSA) is 117 Å². The number of amides is 3. The highest BCUT2D eigenvalue weighted by molar-refractivity contribution is 7.91. The summed E-state index contributed by atoms with van der Waals surface area (Å²) in [4.78, 5) is 39.5. The van der Waals surface area contributed by atoms with Crippen molar-refractivity contribution in [3.8, 4) is 0 Å². The minimum atomic E-state index is -3.08. The molecule has 1 aromatic heterocycles. The Bertz CT molecular complexity index is 781. The summed E-state index contributed by atoms with van der Waals surface area (Å²) in [5.74, 6) is -0.754. The molecule has 0 radical (unpaired) electrons. The lowest BCUT2D eigenvalue weighted by molar-refractivity contribution is -0.137. The van der Waals surface area contributed by atoms with E-state index < -0.39 is 21.8 Å². The zero-order valence-corrected chi connectivity index (χ0v) is 15.0. The number of furan rings is 1. The summed E-state index contributed by atoms with van der Waals surface area (Å²) >= 11 is 0. The van der Waals surface area contributed by atoms with E-state index in [1.807, 2.05) is 0 Å². The van der Waals surface area contributed by atoms with Crippen LogP contribution in [0.3, 0.4) is 0 Å². The minimum absolute atomic E-state index is 0.0670. The Hall–Kier alpha value is -2.36. The molecule has 1 N–H and O–H groups in total. The van der Waals surface area contributed by atoms with Crippen molar-refractivity contribution in [3.05, 3.63) is 24.2 Å². The van der Waals surface area contributed by atoms with Gasteiger partial charge in [0.15, 0.2) is 15.6 Å². The number of nitrogens with zero attached hydrogens (tertiary/aromatic N) is 2. The number of hydrogen-bond acceptors (Lipinski definition) is 6. The number of carbonyl (C=O) groups excluding carboxylic acids is 3. The van der Waals surface area contributed by atoms with Crippen LogP contribution in [0.15, 0.2) is 22.8 Å². The van der Waals surface area contributed by atoms with Gasteiger partial charge in [0, 0.05) is 32.2 Å². The molecule has 3 amide bonds. The minimum Gasteiger partial charge on any atom is -0.459 e. The molecule has 0 aromatic carbocycles. The van der Waals surface area contributed by atoms with Crippen molar-refractivity contribution in [1.82, 2.24) is 15.1 Å². The molecule has 2 aliphatic heterocycles. The van der Waals surface area contributed by atoms with Crippen LogP contribution < -0.4 is 5.32 Å². The van der Waals surface area contributed by atoms with E-state index in [2.05, 4.69) is 5.32 Å². The largest absolute Gasteiger partial charge is 0.459 e. The lowest BCUT2D eigenvalue weighted by Crippen LogP contribution is -2.51. The number of rotatable bonds is 4. The number of carbonyl (C=O) groups is 3. The van der Waals surface area contributed by atoms with Gasteiger partial charge in [-0.25, -0.2) is 8.42 Å². The molecule has 0 bridgehead atoms.